The molecule has 110 valence electrons. The summed E-state index contributed by atoms with van der Waals surface area (Å²) in [5.41, 5.74) is 6.19. The predicted molar refractivity (Wildman–Crippen MR) is 78.0 cm³/mol. The van der Waals surface area contributed by atoms with Gasteiger partial charge in [-0.1, -0.05) is 11.6 Å². The number of ether oxygens (including phenoxy) is 2. The second-order valence-electron chi connectivity index (χ2n) is 4.17. The topological polar surface area (TPSA) is 61.6 Å². The number of nitrogens with two attached hydrogens (primary N) is 1. The molecule has 0 saturated heterocycles. The average Bonchev–Trinajstić information content (AvgIpc) is 2.45. The van der Waals surface area contributed by atoms with Crippen molar-refractivity contribution in [3.63, 3.8) is 0 Å². The Hall–Kier alpha value is -2.27. The van der Waals surface area contributed by atoms with Gasteiger partial charge in [-0.15, -0.1) is 0 Å². The first kappa shape index (κ1) is 15.1. The van der Waals surface area contributed by atoms with Crippen LogP contribution in [0, 0.1) is 5.82 Å². The molecule has 0 fully saturated rings. The number of rotatable bonds is 5. The predicted octanol–water partition coefficient (Wildman–Crippen LogP) is 3.30. The van der Waals surface area contributed by atoms with Crippen LogP contribution in [0.1, 0.15) is 10.4 Å². The summed E-state index contributed by atoms with van der Waals surface area (Å²) in [5, 5.41) is 0.448. The molecule has 2 N–H and O–H groups in total. The SMILES string of the molecule is Nc1cc(Cl)ccc1C(=O)OCCOc1ccc(F)cc1. The van der Waals surface area contributed by atoms with Gasteiger partial charge in [-0.05, 0) is 42.5 Å². The number of nitrogen functional groups attached to an aromatic ring is 1. The minimum Gasteiger partial charge on any atom is -0.490 e. The van der Waals surface area contributed by atoms with Crippen LogP contribution in [0.2, 0.25) is 5.02 Å². The normalized spacial score (nSPS) is 10.2. The summed E-state index contributed by atoms with van der Waals surface area (Å²) in [5.74, 6) is -0.391. The van der Waals surface area contributed by atoms with Crippen LogP contribution in [0.15, 0.2) is 42.5 Å². The van der Waals surface area contributed by atoms with Crippen molar-refractivity contribution < 1.29 is 18.7 Å². The smallest absolute Gasteiger partial charge is 0.340 e. The van der Waals surface area contributed by atoms with E-state index in [0.29, 0.717) is 10.8 Å². The summed E-state index contributed by atoms with van der Waals surface area (Å²) < 4.78 is 23.0. The van der Waals surface area contributed by atoms with E-state index in [2.05, 4.69) is 0 Å². The minimum absolute atomic E-state index is 0.0538. The fraction of sp³-hybridized carbons (Fsp3) is 0.133. The van der Waals surface area contributed by atoms with Gasteiger partial charge in [0.2, 0.25) is 0 Å². The molecule has 0 amide bonds. The van der Waals surface area contributed by atoms with E-state index in [9.17, 15) is 9.18 Å². The van der Waals surface area contributed by atoms with E-state index in [0.717, 1.165) is 0 Å². The highest BCUT2D eigenvalue weighted by Gasteiger charge is 2.11. The van der Waals surface area contributed by atoms with Gasteiger partial charge in [0.05, 0.1) is 5.56 Å². The first-order chi connectivity index (χ1) is 10.1. The van der Waals surface area contributed by atoms with Crippen molar-refractivity contribution in [2.75, 3.05) is 18.9 Å². The van der Waals surface area contributed by atoms with Gasteiger partial charge < -0.3 is 15.2 Å². The zero-order valence-electron chi connectivity index (χ0n) is 11.0. The van der Waals surface area contributed by atoms with Gasteiger partial charge in [0, 0.05) is 10.7 Å². The lowest BCUT2D eigenvalue weighted by Crippen LogP contribution is -2.13. The summed E-state index contributed by atoms with van der Waals surface area (Å²) in [4.78, 5) is 11.8. The molecule has 4 nitrogen and oxygen atoms in total. The molecule has 2 aromatic rings. The third kappa shape index (κ3) is 4.36. The van der Waals surface area contributed by atoms with Gasteiger partial charge in [-0.25, -0.2) is 9.18 Å². The van der Waals surface area contributed by atoms with Crippen LogP contribution in [0.25, 0.3) is 0 Å². The second-order valence-corrected chi connectivity index (χ2v) is 4.61. The first-order valence-corrected chi connectivity index (χ1v) is 6.54. The average molecular weight is 310 g/mol. The molecule has 0 aliphatic rings. The van der Waals surface area contributed by atoms with Crippen molar-refractivity contribution in [1.29, 1.82) is 0 Å². The Bertz CT molecular complexity index is 631. The number of esters is 1. The molecule has 2 rings (SSSR count). The van der Waals surface area contributed by atoms with E-state index < -0.39 is 5.97 Å². The van der Waals surface area contributed by atoms with Crippen LogP contribution >= 0.6 is 11.6 Å². The van der Waals surface area contributed by atoms with E-state index in [4.69, 9.17) is 26.8 Å². The summed E-state index contributed by atoms with van der Waals surface area (Å²) in [7, 11) is 0. The molecule has 0 unspecified atom stereocenters. The Morgan fingerprint density at radius 2 is 1.86 bits per heavy atom. The highest BCUT2D eigenvalue weighted by molar-refractivity contribution is 6.31. The Morgan fingerprint density at radius 3 is 2.52 bits per heavy atom. The van der Waals surface area contributed by atoms with E-state index in [1.807, 2.05) is 0 Å². The fourth-order valence-corrected chi connectivity index (χ4v) is 1.80. The van der Waals surface area contributed by atoms with Gasteiger partial charge >= 0.3 is 5.97 Å². The molecule has 0 spiro atoms. The molecule has 6 heteroatoms. The number of hydrogen-bond donors (Lipinski definition) is 1. The number of anilines is 1. The van der Waals surface area contributed by atoms with Crippen molar-refractivity contribution in [3.8, 4) is 5.75 Å². The van der Waals surface area contributed by atoms with Crippen molar-refractivity contribution in [2.45, 2.75) is 0 Å². The zero-order chi connectivity index (χ0) is 15.2. The maximum absolute atomic E-state index is 12.7. The summed E-state index contributed by atoms with van der Waals surface area (Å²) in [6.45, 7) is 0.211. The molecule has 0 heterocycles. The summed E-state index contributed by atoms with van der Waals surface area (Å²) in [6, 6.07) is 10.1. The Labute approximate surface area is 126 Å². The fourth-order valence-electron chi connectivity index (χ4n) is 1.62. The summed E-state index contributed by atoms with van der Waals surface area (Å²) >= 11 is 5.75. The second kappa shape index (κ2) is 6.95. The van der Waals surface area contributed by atoms with Crippen molar-refractivity contribution in [1.82, 2.24) is 0 Å². The van der Waals surface area contributed by atoms with Crippen LogP contribution in [0.5, 0.6) is 5.75 Å². The van der Waals surface area contributed by atoms with Crippen molar-refractivity contribution >= 4 is 23.3 Å². The number of benzene rings is 2. The molecule has 0 aliphatic carbocycles. The first-order valence-electron chi connectivity index (χ1n) is 6.17. The molecular formula is C15H13ClFNO3. The highest BCUT2D eigenvalue weighted by atomic mass is 35.5. The zero-order valence-corrected chi connectivity index (χ0v) is 11.8. The number of carbonyl (C=O) groups excluding carboxylic acids is 1. The standard InChI is InChI=1S/C15H13ClFNO3/c16-10-1-6-13(14(18)9-10)15(19)21-8-7-20-12-4-2-11(17)3-5-12/h1-6,9H,7-8,18H2. The third-order valence-electron chi connectivity index (χ3n) is 2.63. The molecule has 21 heavy (non-hydrogen) atoms. The molecule has 0 atom stereocenters. The van der Waals surface area contributed by atoms with Crippen LogP contribution in [-0.4, -0.2) is 19.2 Å². The van der Waals surface area contributed by atoms with Crippen LogP contribution in [-0.2, 0) is 4.74 Å². The van der Waals surface area contributed by atoms with E-state index >= 15 is 0 Å². The van der Waals surface area contributed by atoms with Crippen LogP contribution < -0.4 is 10.5 Å². The van der Waals surface area contributed by atoms with Crippen molar-refractivity contribution in [2.24, 2.45) is 0 Å². The van der Waals surface area contributed by atoms with Gasteiger partial charge in [0.25, 0.3) is 0 Å². The monoisotopic (exact) mass is 309 g/mol. The minimum atomic E-state index is -0.549. The quantitative estimate of drug-likeness (QED) is 0.523. The van der Waals surface area contributed by atoms with E-state index in [1.54, 1.807) is 6.07 Å². The van der Waals surface area contributed by atoms with Crippen molar-refractivity contribution in [3.05, 3.63) is 58.9 Å². The van der Waals surface area contributed by atoms with Gasteiger partial charge in [-0.2, -0.15) is 0 Å². The molecule has 0 saturated carbocycles. The Kier molecular flexibility index (Phi) is 5.00. The third-order valence-corrected chi connectivity index (χ3v) is 2.87. The lowest BCUT2D eigenvalue weighted by molar-refractivity contribution is 0.0451. The van der Waals surface area contributed by atoms with Gasteiger partial charge in [0.15, 0.2) is 0 Å². The highest BCUT2D eigenvalue weighted by Crippen LogP contribution is 2.18. The molecule has 0 aromatic heterocycles. The molecule has 0 radical (unpaired) electrons. The summed E-state index contributed by atoms with van der Waals surface area (Å²) in [6.07, 6.45) is 0. The largest absolute Gasteiger partial charge is 0.490 e. The maximum atomic E-state index is 12.7. The number of halogens is 2. The Balaban J connectivity index is 1.80. The molecular weight excluding hydrogens is 297 g/mol. The number of hydrogen-bond acceptors (Lipinski definition) is 4. The molecule has 0 aliphatic heterocycles. The Morgan fingerprint density at radius 1 is 1.14 bits per heavy atom. The van der Waals surface area contributed by atoms with Gasteiger partial charge in [0.1, 0.15) is 24.8 Å². The lowest BCUT2D eigenvalue weighted by atomic mass is 10.2. The van der Waals surface area contributed by atoms with E-state index in [-0.39, 0.29) is 30.3 Å². The van der Waals surface area contributed by atoms with Crippen LogP contribution in [0.3, 0.4) is 0 Å². The molecule has 0 bridgehead atoms. The van der Waals surface area contributed by atoms with Crippen LogP contribution in [0.4, 0.5) is 10.1 Å². The molecule has 2 aromatic carbocycles. The van der Waals surface area contributed by atoms with Gasteiger partial charge in [-0.3, -0.25) is 0 Å². The number of carbonyl (C=O) groups is 1. The lowest BCUT2D eigenvalue weighted by Gasteiger charge is -2.08. The maximum Gasteiger partial charge on any atom is 0.340 e. The van der Waals surface area contributed by atoms with E-state index in [1.165, 1.54) is 36.4 Å².